The molecule has 1 heterocycles. The largest absolute Gasteiger partial charge is 0.468 e. The summed E-state index contributed by atoms with van der Waals surface area (Å²) >= 11 is 0. The van der Waals surface area contributed by atoms with Crippen LogP contribution in [0.4, 0.5) is 4.79 Å². The van der Waals surface area contributed by atoms with E-state index in [1.165, 1.54) is 7.11 Å². The predicted molar refractivity (Wildman–Crippen MR) is 224 cm³/mol. The molecule has 1 amide bonds. The van der Waals surface area contributed by atoms with E-state index in [2.05, 4.69) is 107 Å². The van der Waals surface area contributed by atoms with Crippen molar-refractivity contribution < 1.29 is 46.6 Å². The van der Waals surface area contributed by atoms with Gasteiger partial charge in [0.15, 0.2) is 25.0 Å². The fourth-order valence-corrected chi connectivity index (χ4v) is 8.90. The third-order valence-electron chi connectivity index (χ3n) is 12.1. The van der Waals surface area contributed by atoms with E-state index in [4.69, 9.17) is 38.0 Å². The molecule has 1 aliphatic heterocycles. The number of nitrogens with two attached hydrogens (primary N) is 1. The molecule has 3 N–H and O–H groups in total. The second-order valence-corrected chi connectivity index (χ2v) is 34.1. The standard InChI is InChI=1S/C40H74N2O10Si3/c1-26(2)31(42-37(45)47-24-27-22-20-19-21-23-27)35(44)50-36-29(30(41)34(43)46-12)33(52-55(17,18)40(9,10)11)32(51-54(15,16)39(6,7)8)28(49-36)25-48-53(13,14)38(3,4)5/h19-23,26,28-33,36H,24-25,41H2,1-18H3,(H,42,45)/t28-,29-,30-,31+,32-,33-,36+/m1/s1. The highest BCUT2D eigenvalue weighted by Gasteiger charge is 2.58. The lowest BCUT2D eigenvalue weighted by Gasteiger charge is -2.53. The predicted octanol–water partition coefficient (Wildman–Crippen LogP) is 8.12. The van der Waals surface area contributed by atoms with Gasteiger partial charge in [-0.3, -0.25) is 4.79 Å². The van der Waals surface area contributed by atoms with Crippen molar-refractivity contribution in [1.29, 1.82) is 0 Å². The summed E-state index contributed by atoms with van der Waals surface area (Å²) in [5.41, 5.74) is 7.58. The van der Waals surface area contributed by atoms with E-state index >= 15 is 0 Å². The summed E-state index contributed by atoms with van der Waals surface area (Å²) in [4.78, 5) is 40.6. The lowest BCUT2D eigenvalue weighted by atomic mass is 9.85. The maximum Gasteiger partial charge on any atom is 0.408 e. The van der Waals surface area contributed by atoms with Crippen molar-refractivity contribution in [2.24, 2.45) is 17.6 Å². The van der Waals surface area contributed by atoms with Crippen LogP contribution in [0, 0.1) is 11.8 Å². The van der Waals surface area contributed by atoms with Crippen LogP contribution in [-0.2, 0) is 48.4 Å². The molecular formula is C40H74N2O10Si3. The second kappa shape index (κ2) is 18.6. The topological polar surface area (TPSA) is 154 Å². The number of benzene rings is 1. The first-order chi connectivity index (χ1) is 24.9. The molecule has 15 heteroatoms. The van der Waals surface area contributed by atoms with Crippen LogP contribution in [0.5, 0.6) is 0 Å². The molecule has 2 rings (SSSR count). The van der Waals surface area contributed by atoms with Gasteiger partial charge < -0.3 is 43.3 Å². The van der Waals surface area contributed by atoms with Gasteiger partial charge in [-0.05, 0) is 65.9 Å². The maximum atomic E-state index is 14.2. The van der Waals surface area contributed by atoms with Gasteiger partial charge in [0.05, 0.1) is 31.8 Å². The number of methoxy groups -OCH3 is 1. The molecular weight excluding hydrogens is 753 g/mol. The molecule has 316 valence electrons. The van der Waals surface area contributed by atoms with Crippen LogP contribution >= 0.6 is 0 Å². The quantitative estimate of drug-likeness (QED) is 0.100. The number of amides is 1. The summed E-state index contributed by atoms with van der Waals surface area (Å²) in [6.45, 7) is 35.9. The van der Waals surface area contributed by atoms with Gasteiger partial charge in [0, 0.05) is 0 Å². The Kier molecular flexibility index (Phi) is 16.6. The van der Waals surface area contributed by atoms with Gasteiger partial charge >= 0.3 is 18.0 Å². The average Bonchev–Trinajstić information content (AvgIpc) is 3.04. The van der Waals surface area contributed by atoms with Gasteiger partial charge in [-0.2, -0.15) is 0 Å². The maximum absolute atomic E-state index is 14.2. The van der Waals surface area contributed by atoms with Gasteiger partial charge in [0.1, 0.15) is 24.8 Å². The molecule has 0 bridgehead atoms. The van der Waals surface area contributed by atoms with E-state index in [-0.39, 0.29) is 28.3 Å². The Balaban J connectivity index is 2.74. The van der Waals surface area contributed by atoms with Crippen molar-refractivity contribution in [3.05, 3.63) is 35.9 Å². The number of carbonyl (C=O) groups is 3. The lowest BCUT2D eigenvalue weighted by molar-refractivity contribution is -0.275. The van der Waals surface area contributed by atoms with Crippen LogP contribution in [0.3, 0.4) is 0 Å². The smallest absolute Gasteiger partial charge is 0.408 e. The zero-order valence-corrected chi connectivity index (χ0v) is 40.1. The van der Waals surface area contributed by atoms with Crippen LogP contribution in [-0.4, -0.2) is 93.4 Å². The monoisotopic (exact) mass is 826 g/mol. The molecule has 55 heavy (non-hydrogen) atoms. The van der Waals surface area contributed by atoms with Gasteiger partial charge in [0.25, 0.3) is 0 Å². The number of rotatable bonds is 15. The molecule has 1 fully saturated rings. The van der Waals surface area contributed by atoms with Crippen molar-refractivity contribution in [3.63, 3.8) is 0 Å². The molecule has 0 spiro atoms. The van der Waals surface area contributed by atoms with E-state index < -0.39 is 91.5 Å². The summed E-state index contributed by atoms with van der Waals surface area (Å²) < 4.78 is 45.0. The summed E-state index contributed by atoms with van der Waals surface area (Å²) in [7, 11) is -6.29. The van der Waals surface area contributed by atoms with Gasteiger partial charge in [-0.15, -0.1) is 0 Å². The SMILES string of the molecule is COC(=O)[C@H](N)[C@H]1[C@H](OC(=O)[C@@H](NC(=O)OCc2ccccc2)C(C)C)O[C@H](CO[Si](C)(C)C(C)(C)C)[C@@H](O[Si](C)(C)C(C)(C)C)[C@@H]1O[Si](C)(C)C(C)(C)C. The van der Waals surface area contributed by atoms with Crippen LogP contribution in [0.15, 0.2) is 30.3 Å². The minimum atomic E-state index is -2.65. The highest BCUT2D eigenvalue weighted by atomic mass is 28.4. The van der Waals surface area contributed by atoms with Gasteiger partial charge in [0.2, 0.25) is 6.29 Å². The Morgan fingerprint density at radius 1 is 0.782 bits per heavy atom. The van der Waals surface area contributed by atoms with Crippen LogP contribution < -0.4 is 11.1 Å². The molecule has 0 aliphatic carbocycles. The van der Waals surface area contributed by atoms with Gasteiger partial charge in [-0.1, -0.05) is 106 Å². The highest BCUT2D eigenvalue weighted by molar-refractivity contribution is 6.75. The average molecular weight is 827 g/mol. The molecule has 0 saturated carbocycles. The Hall–Kier alpha value is -2.12. The van der Waals surface area contributed by atoms with Gasteiger partial charge in [-0.25, -0.2) is 9.59 Å². The van der Waals surface area contributed by atoms with Crippen LogP contribution in [0.2, 0.25) is 54.4 Å². The highest BCUT2D eigenvalue weighted by Crippen LogP contribution is 2.46. The van der Waals surface area contributed by atoms with E-state index in [1.807, 2.05) is 30.3 Å². The minimum Gasteiger partial charge on any atom is -0.468 e. The van der Waals surface area contributed by atoms with Crippen molar-refractivity contribution in [3.8, 4) is 0 Å². The lowest BCUT2D eigenvalue weighted by Crippen LogP contribution is -2.68. The van der Waals surface area contributed by atoms with E-state index in [1.54, 1.807) is 13.8 Å². The molecule has 7 atom stereocenters. The zero-order valence-electron chi connectivity index (χ0n) is 37.1. The summed E-state index contributed by atoms with van der Waals surface area (Å²) in [5, 5.41) is 2.11. The molecule has 1 aliphatic rings. The molecule has 0 aromatic heterocycles. The first kappa shape index (κ1) is 49.0. The number of hydrogen-bond donors (Lipinski definition) is 2. The number of alkyl carbamates (subject to hydrolysis) is 1. The van der Waals surface area contributed by atoms with Crippen molar-refractivity contribution in [2.75, 3.05) is 13.7 Å². The van der Waals surface area contributed by atoms with E-state index in [0.29, 0.717) is 0 Å². The second-order valence-electron chi connectivity index (χ2n) is 19.8. The van der Waals surface area contributed by atoms with E-state index in [0.717, 1.165) is 5.56 Å². The van der Waals surface area contributed by atoms with Crippen molar-refractivity contribution in [1.82, 2.24) is 5.32 Å². The molecule has 0 unspecified atom stereocenters. The van der Waals surface area contributed by atoms with Crippen molar-refractivity contribution in [2.45, 2.75) is 174 Å². The summed E-state index contributed by atoms with van der Waals surface area (Å²) in [6.07, 6.45) is -4.58. The Morgan fingerprint density at radius 3 is 1.73 bits per heavy atom. The molecule has 1 aromatic carbocycles. The Morgan fingerprint density at radius 2 is 1.27 bits per heavy atom. The number of esters is 2. The minimum absolute atomic E-state index is 0.0202. The molecule has 0 radical (unpaired) electrons. The summed E-state index contributed by atoms with van der Waals surface area (Å²) in [6, 6.07) is 6.79. The third kappa shape index (κ3) is 12.9. The Labute approximate surface area is 335 Å². The van der Waals surface area contributed by atoms with Crippen molar-refractivity contribution >= 4 is 43.0 Å². The van der Waals surface area contributed by atoms with Crippen LogP contribution in [0.1, 0.15) is 81.7 Å². The first-order valence-electron chi connectivity index (χ1n) is 19.5. The number of ether oxygens (including phenoxy) is 4. The van der Waals surface area contributed by atoms with E-state index in [9.17, 15) is 14.4 Å². The molecule has 1 aromatic rings. The molecule has 12 nitrogen and oxygen atoms in total. The normalized spacial score (nSPS) is 22.8. The number of hydrogen-bond acceptors (Lipinski definition) is 11. The number of carbonyl (C=O) groups excluding carboxylic acids is 3. The Bertz CT molecular complexity index is 1420. The number of nitrogens with one attached hydrogen (secondary N) is 1. The zero-order chi connectivity index (χ0) is 42.5. The summed E-state index contributed by atoms with van der Waals surface area (Å²) in [5.74, 6) is -2.96. The molecule has 1 saturated heterocycles. The van der Waals surface area contributed by atoms with Crippen LogP contribution in [0.25, 0.3) is 0 Å². The fourth-order valence-electron chi connectivity index (χ4n) is 5.24. The first-order valence-corrected chi connectivity index (χ1v) is 28.3. The fraction of sp³-hybridized carbons (Fsp3) is 0.775. The third-order valence-corrected chi connectivity index (χ3v) is 25.6.